The van der Waals surface area contributed by atoms with Crippen LogP contribution in [0.3, 0.4) is 0 Å². The van der Waals surface area contributed by atoms with Gasteiger partial charge in [0.15, 0.2) is 6.61 Å². The molecule has 4 nitrogen and oxygen atoms in total. The van der Waals surface area contributed by atoms with Gasteiger partial charge in [-0.05, 0) is 55.5 Å². The number of aryl methyl sites for hydroxylation is 2. The largest absolute Gasteiger partial charge is 0.483 e. The van der Waals surface area contributed by atoms with E-state index in [0.29, 0.717) is 0 Å². The minimum atomic E-state index is -0.0433. The fourth-order valence-corrected chi connectivity index (χ4v) is 4.30. The summed E-state index contributed by atoms with van der Waals surface area (Å²) in [6.45, 7) is 7.04. The van der Waals surface area contributed by atoms with Gasteiger partial charge in [-0.1, -0.05) is 46.3 Å². The van der Waals surface area contributed by atoms with E-state index in [1.807, 2.05) is 32.0 Å². The van der Waals surface area contributed by atoms with Crippen LogP contribution < -0.4 is 10.1 Å². The smallest absolute Gasteiger partial charge is 0.258 e. The molecule has 3 rings (SSSR count). The van der Waals surface area contributed by atoms with E-state index in [2.05, 4.69) is 50.4 Å². The fraction of sp³-hybridized carbons (Fsp3) is 0.409. The van der Waals surface area contributed by atoms with Crippen molar-refractivity contribution in [2.24, 2.45) is 0 Å². The lowest BCUT2D eigenvalue weighted by molar-refractivity contribution is -0.124. The summed E-state index contributed by atoms with van der Waals surface area (Å²) in [6.07, 6.45) is 1.96. The van der Waals surface area contributed by atoms with Gasteiger partial charge in [-0.25, -0.2) is 0 Å². The number of ether oxygens (including phenoxy) is 1. The van der Waals surface area contributed by atoms with Gasteiger partial charge in [0.05, 0.1) is 0 Å². The number of hydrogen-bond donors (Lipinski definition) is 1. The van der Waals surface area contributed by atoms with Crippen LogP contribution in [-0.2, 0) is 11.3 Å². The van der Waals surface area contributed by atoms with Gasteiger partial charge >= 0.3 is 0 Å². The minimum absolute atomic E-state index is 0.0433. The average Bonchev–Trinajstić information content (AvgIpc) is 2.63. The lowest BCUT2D eigenvalue weighted by atomic mass is 10.0. The molecule has 0 spiro atoms. The van der Waals surface area contributed by atoms with E-state index < -0.39 is 0 Å². The second-order valence-corrected chi connectivity index (χ2v) is 8.18. The third kappa shape index (κ3) is 5.81. The zero-order valence-electron chi connectivity index (χ0n) is 16.0. The molecule has 1 aliphatic rings. The number of nitrogens with zero attached hydrogens (tertiary/aromatic N) is 1. The van der Waals surface area contributed by atoms with Crippen molar-refractivity contribution < 1.29 is 9.53 Å². The Bertz CT molecular complexity index is 748. The van der Waals surface area contributed by atoms with Gasteiger partial charge in [0, 0.05) is 30.1 Å². The molecule has 1 fully saturated rings. The zero-order chi connectivity index (χ0) is 19.2. The van der Waals surface area contributed by atoms with Crippen LogP contribution in [0.5, 0.6) is 5.75 Å². The first-order chi connectivity index (χ1) is 13.0. The highest BCUT2D eigenvalue weighted by Crippen LogP contribution is 2.27. The lowest BCUT2D eigenvalue weighted by Gasteiger charge is -2.32. The zero-order valence-corrected chi connectivity index (χ0v) is 17.6. The Morgan fingerprint density at radius 1 is 1.15 bits per heavy atom. The van der Waals surface area contributed by atoms with E-state index >= 15 is 0 Å². The molecule has 0 aliphatic carbocycles. The monoisotopic (exact) mass is 430 g/mol. The molecule has 1 aliphatic heterocycles. The van der Waals surface area contributed by atoms with Crippen molar-refractivity contribution in [3.05, 3.63) is 63.6 Å². The van der Waals surface area contributed by atoms with E-state index in [1.54, 1.807) is 0 Å². The van der Waals surface area contributed by atoms with Crippen molar-refractivity contribution >= 4 is 21.8 Å². The standard InChI is InChI=1S/C22H27BrN2O2/c1-16-12-19(23)13-17(2)22(16)27-15-21(26)24-20-8-10-25(11-9-20)14-18-6-4-3-5-7-18/h3-7,12-13,20H,8-11,14-15H2,1-2H3,(H,24,26). The van der Waals surface area contributed by atoms with Crippen molar-refractivity contribution in [2.75, 3.05) is 19.7 Å². The Kier molecular flexibility index (Phi) is 6.91. The van der Waals surface area contributed by atoms with E-state index in [4.69, 9.17) is 4.74 Å². The molecule has 2 aromatic rings. The van der Waals surface area contributed by atoms with Gasteiger partial charge in [0.1, 0.15) is 5.75 Å². The summed E-state index contributed by atoms with van der Waals surface area (Å²) in [7, 11) is 0. The van der Waals surface area contributed by atoms with Gasteiger partial charge < -0.3 is 10.1 Å². The maximum absolute atomic E-state index is 12.3. The topological polar surface area (TPSA) is 41.6 Å². The van der Waals surface area contributed by atoms with E-state index in [1.165, 1.54) is 5.56 Å². The number of carbonyl (C=O) groups excluding carboxylic acids is 1. The minimum Gasteiger partial charge on any atom is -0.483 e. The Balaban J connectivity index is 1.42. The number of hydrogen-bond acceptors (Lipinski definition) is 3. The number of halogens is 1. The van der Waals surface area contributed by atoms with E-state index in [-0.39, 0.29) is 18.6 Å². The molecule has 0 saturated carbocycles. The first kappa shape index (κ1) is 19.9. The van der Waals surface area contributed by atoms with Crippen molar-refractivity contribution in [3.8, 4) is 5.75 Å². The molecule has 5 heteroatoms. The molecule has 0 aromatic heterocycles. The number of carbonyl (C=O) groups is 1. The van der Waals surface area contributed by atoms with Gasteiger partial charge in [-0.2, -0.15) is 0 Å². The first-order valence-electron chi connectivity index (χ1n) is 9.46. The number of rotatable bonds is 6. The second-order valence-electron chi connectivity index (χ2n) is 7.26. The van der Waals surface area contributed by atoms with Crippen LogP contribution in [-0.4, -0.2) is 36.5 Å². The van der Waals surface area contributed by atoms with Gasteiger partial charge in [-0.3, -0.25) is 9.69 Å². The highest BCUT2D eigenvalue weighted by atomic mass is 79.9. The number of nitrogens with one attached hydrogen (secondary N) is 1. The van der Waals surface area contributed by atoms with Crippen LogP contribution in [0.4, 0.5) is 0 Å². The second kappa shape index (κ2) is 9.38. The van der Waals surface area contributed by atoms with Crippen LogP contribution in [0.25, 0.3) is 0 Å². The van der Waals surface area contributed by atoms with Crippen LogP contribution in [0.1, 0.15) is 29.5 Å². The molecule has 1 saturated heterocycles. The molecule has 0 atom stereocenters. The Hall–Kier alpha value is -1.85. The SMILES string of the molecule is Cc1cc(Br)cc(C)c1OCC(=O)NC1CCN(Cc2ccccc2)CC1. The Morgan fingerprint density at radius 3 is 2.41 bits per heavy atom. The summed E-state index contributed by atoms with van der Waals surface area (Å²) >= 11 is 3.48. The molecule has 144 valence electrons. The molecule has 2 aromatic carbocycles. The highest BCUT2D eigenvalue weighted by Gasteiger charge is 2.21. The number of piperidine rings is 1. The predicted molar refractivity (Wildman–Crippen MR) is 112 cm³/mol. The van der Waals surface area contributed by atoms with Crippen molar-refractivity contribution in [1.82, 2.24) is 10.2 Å². The molecule has 27 heavy (non-hydrogen) atoms. The summed E-state index contributed by atoms with van der Waals surface area (Å²) in [6, 6.07) is 14.8. The quantitative estimate of drug-likeness (QED) is 0.745. The van der Waals surface area contributed by atoms with Crippen molar-refractivity contribution in [3.63, 3.8) is 0 Å². The summed E-state index contributed by atoms with van der Waals surface area (Å²) < 4.78 is 6.81. The summed E-state index contributed by atoms with van der Waals surface area (Å²) in [5, 5.41) is 3.12. The van der Waals surface area contributed by atoms with Crippen LogP contribution in [0.15, 0.2) is 46.9 Å². The Morgan fingerprint density at radius 2 is 1.78 bits per heavy atom. The van der Waals surface area contributed by atoms with Crippen LogP contribution in [0, 0.1) is 13.8 Å². The average molecular weight is 431 g/mol. The number of likely N-dealkylation sites (tertiary alicyclic amines) is 1. The summed E-state index contributed by atoms with van der Waals surface area (Å²) in [5.41, 5.74) is 3.40. The van der Waals surface area contributed by atoms with Gasteiger partial charge in [0.25, 0.3) is 5.91 Å². The summed E-state index contributed by atoms with van der Waals surface area (Å²) in [5.74, 6) is 0.754. The predicted octanol–water partition coefficient (Wildman–Crippen LogP) is 4.23. The first-order valence-corrected chi connectivity index (χ1v) is 10.3. The van der Waals surface area contributed by atoms with E-state index in [0.717, 1.165) is 53.8 Å². The maximum atomic E-state index is 12.3. The maximum Gasteiger partial charge on any atom is 0.258 e. The lowest BCUT2D eigenvalue weighted by Crippen LogP contribution is -2.45. The molecule has 0 bridgehead atoms. The van der Waals surface area contributed by atoms with Crippen molar-refractivity contribution in [2.45, 2.75) is 39.3 Å². The van der Waals surface area contributed by atoms with Crippen molar-refractivity contribution in [1.29, 1.82) is 0 Å². The van der Waals surface area contributed by atoms with E-state index in [9.17, 15) is 4.79 Å². The molecular weight excluding hydrogens is 404 g/mol. The van der Waals surface area contributed by atoms with Gasteiger partial charge in [-0.15, -0.1) is 0 Å². The Labute approximate surface area is 170 Å². The molecular formula is C22H27BrN2O2. The molecule has 1 heterocycles. The molecule has 0 unspecified atom stereocenters. The number of benzene rings is 2. The highest BCUT2D eigenvalue weighted by molar-refractivity contribution is 9.10. The number of amides is 1. The van der Waals surface area contributed by atoms with Crippen LogP contribution >= 0.6 is 15.9 Å². The van der Waals surface area contributed by atoms with Gasteiger partial charge in [0.2, 0.25) is 0 Å². The molecule has 1 amide bonds. The third-order valence-electron chi connectivity index (χ3n) is 4.97. The normalized spacial score (nSPS) is 15.5. The third-order valence-corrected chi connectivity index (χ3v) is 5.43. The fourth-order valence-electron chi connectivity index (χ4n) is 3.61. The molecule has 0 radical (unpaired) electrons. The molecule has 1 N–H and O–H groups in total. The van der Waals surface area contributed by atoms with Crippen LogP contribution in [0.2, 0.25) is 0 Å². The summed E-state index contributed by atoms with van der Waals surface area (Å²) in [4.78, 5) is 14.7.